The Bertz CT molecular complexity index is 728. The molecule has 1 atom stereocenters. The molecule has 108 valence electrons. The van der Waals surface area contributed by atoms with E-state index in [1.54, 1.807) is 11.3 Å². The molecule has 0 amide bonds. The first-order valence-electron chi connectivity index (χ1n) is 5.77. The summed E-state index contributed by atoms with van der Waals surface area (Å²) < 4.78 is 37.7. The standard InChI is InChI=1S/C13H13BrFNO2S2/c1-8(13-5-9(14)7-19-13)16-12-6-10(20(2,17)18)3-4-11(12)15/h3-8,16H,1-2H3. The molecule has 0 bridgehead atoms. The zero-order valence-electron chi connectivity index (χ0n) is 10.9. The number of thiophene rings is 1. The van der Waals surface area contributed by atoms with Crippen molar-refractivity contribution in [1.29, 1.82) is 0 Å². The van der Waals surface area contributed by atoms with Crippen LogP contribution in [0.3, 0.4) is 0 Å². The SMILES string of the molecule is CC(Nc1cc(S(C)(=O)=O)ccc1F)c1cc(Br)cs1. The molecule has 2 aromatic rings. The molecule has 0 aliphatic carbocycles. The maximum absolute atomic E-state index is 13.8. The second kappa shape index (κ2) is 5.83. The van der Waals surface area contributed by atoms with Crippen molar-refractivity contribution >= 4 is 42.8 Å². The predicted molar refractivity (Wildman–Crippen MR) is 83.6 cm³/mol. The number of halogens is 2. The van der Waals surface area contributed by atoms with Crippen LogP contribution in [0.1, 0.15) is 17.8 Å². The van der Waals surface area contributed by atoms with E-state index in [2.05, 4.69) is 21.2 Å². The van der Waals surface area contributed by atoms with Crippen LogP contribution in [0.25, 0.3) is 0 Å². The minimum Gasteiger partial charge on any atom is -0.375 e. The minimum atomic E-state index is -3.35. The first-order valence-corrected chi connectivity index (χ1v) is 9.34. The van der Waals surface area contributed by atoms with Crippen molar-refractivity contribution in [3.8, 4) is 0 Å². The highest BCUT2D eigenvalue weighted by Gasteiger charge is 2.14. The molecule has 0 aliphatic rings. The maximum Gasteiger partial charge on any atom is 0.175 e. The first kappa shape index (κ1) is 15.5. The fourth-order valence-corrected chi connectivity index (χ4v) is 3.81. The Kier molecular flexibility index (Phi) is 4.51. The first-order chi connectivity index (χ1) is 9.27. The Labute approximate surface area is 129 Å². The summed E-state index contributed by atoms with van der Waals surface area (Å²) in [6.07, 6.45) is 1.10. The summed E-state index contributed by atoms with van der Waals surface area (Å²) >= 11 is 4.91. The molecule has 0 saturated carbocycles. The van der Waals surface area contributed by atoms with Gasteiger partial charge in [-0.05, 0) is 47.1 Å². The van der Waals surface area contributed by atoms with Crippen LogP contribution in [0.5, 0.6) is 0 Å². The summed E-state index contributed by atoms with van der Waals surface area (Å²) in [5.74, 6) is -0.472. The molecule has 0 aliphatic heterocycles. The molecule has 1 heterocycles. The zero-order valence-corrected chi connectivity index (χ0v) is 14.1. The van der Waals surface area contributed by atoms with Crippen molar-refractivity contribution in [1.82, 2.24) is 0 Å². The molecule has 1 unspecified atom stereocenters. The normalized spacial score (nSPS) is 13.2. The van der Waals surface area contributed by atoms with Gasteiger partial charge in [0.15, 0.2) is 9.84 Å². The molecule has 1 aromatic heterocycles. The van der Waals surface area contributed by atoms with E-state index in [-0.39, 0.29) is 16.6 Å². The van der Waals surface area contributed by atoms with E-state index in [1.165, 1.54) is 12.1 Å². The van der Waals surface area contributed by atoms with Crippen LogP contribution in [0.2, 0.25) is 0 Å². The van der Waals surface area contributed by atoms with E-state index < -0.39 is 15.7 Å². The van der Waals surface area contributed by atoms with E-state index in [0.717, 1.165) is 21.7 Å². The molecule has 0 spiro atoms. The monoisotopic (exact) mass is 377 g/mol. The summed E-state index contributed by atoms with van der Waals surface area (Å²) in [6.45, 7) is 1.89. The van der Waals surface area contributed by atoms with Gasteiger partial charge in [0.25, 0.3) is 0 Å². The van der Waals surface area contributed by atoms with Gasteiger partial charge in [0.2, 0.25) is 0 Å². The highest BCUT2D eigenvalue weighted by molar-refractivity contribution is 9.10. The summed E-state index contributed by atoms with van der Waals surface area (Å²) in [7, 11) is -3.35. The van der Waals surface area contributed by atoms with Crippen molar-refractivity contribution in [3.05, 3.63) is 44.8 Å². The Balaban J connectivity index is 2.29. The fourth-order valence-electron chi connectivity index (χ4n) is 1.71. The molecule has 0 saturated heterocycles. The third kappa shape index (κ3) is 3.59. The largest absolute Gasteiger partial charge is 0.375 e. The Morgan fingerprint density at radius 3 is 2.60 bits per heavy atom. The smallest absolute Gasteiger partial charge is 0.175 e. The molecule has 0 radical (unpaired) electrons. The van der Waals surface area contributed by atoms with Gasteiger partial charge in [-0.1, -0.05) is 0 Å². The fraction of sp³-hybridized carbons (Fsp3) is 0.231. The average molecular weight is 378 g/mol. The van der Waals surface area contributed by atoms with Gasteiger partial charge in [-0.3, -0.25) is 0 Å². The number of sulfone groups is 1. The number of anilines is 1. The van der Waals surface area contributed by atoms with Crippen molar-refractivity contribution in [2.45, 2.75) is 17.9 Å². The van der Waals surface area contributed by atoms with Gasteiger partial charge >= 0.3 is 0 Å². The summed E-state index contributed by atoms with van der Waals surface area (Å²) in [5.41, 5.74) is 0.185. The molecule has 1 aromatic carbocycles. The summed E-state index contributed by atoms with van der Waals surface area (Å²) in [5, 5.41) is 4.94. The maximum atomic E-state index is 13.8. The van der Waals surface area contributed by atoms with Crippen molar-refractivity contribution < 1.29 is 12.8 Å². The van der Waals surface area contributed by atoms with Crippen LogP contribution in [-0.4, -0.2) is 14.7 Å². The Morgan fingerprint density at radius 1 is 1.35 bits per heavy atom. The highest BCUT2D eigenvalue weighted by atomic mass is 79.9. The van der Waals surface area contributed by atoms with Gasteiger partial charge in [0, 0.05) is 21.0 Å². The molecule has 0 fully saturated rings. The number of nitrogens with one attached hydrogen (secondary N) is 1. The van der Waals surface area contributed by atoms with Gasteiger partial charge in [-0.25, -0.2) is 12.8 Å². The van der Waals surface area contributed by atoms with E-state index in [9.17, 15) is 12.8 Å². The lowest BCUT2D eigenvalue weighted by molar-refractivity contribution is 0.600. The van der Waals surface area contributed by atoms with E-state index in [4.69, 9.17) is 0 Å². The van der Waals surface area contributed by atoms with Crippen LogP contribution < -0.4 is 5.32 Å². The molecule has 3 nitrogen and oxygen atoms in total. The second-order valence-corrected chi connectivity index (χ2v) is 8.32. The Hall–Kier alpha value is -0.920. The number of hydrogen-bond donors (Lipinski definition) is 1. The molecule has 7 heteroatoms. The number of rotatable bonds is 4. The van der Waals surface area contributed by atoms with Gasteiger partial charge in [0.1, 0.15) is 5.82 Å². The molecule has 1 N–H and O–H groups in total. The van der Waals surface area contributed by atoms with Gasteiger partial charge in [0.05, 0.1) is 16.6 Å². The van der Waals surface area contributed by atoms with E-state index in [1.807, 2.05) is 18.4 Å². The lowest BCUT2D eigenvalue weighted by Crippen LogP contribution is -2.08. The van der Waals surface area contributed by atoms with Crippen LogP contribution in [0, 0.1) is 5.82 Å². The third-order valence-electron chi connectivity index (χ3n) is 2.75. The van der Waals surface area contributed by atoms with E-state index in [0.29, 0.717) is 0 Å². The number of hydrogen-bond acceptors (Lipinski definition) is 4. The topological polar surface area (TPSA) is 46.2 Å². The Morgan fingerprint density at radius 2 is 2.05 bits per heavy atom. The average Bonchev–Trinajstić information content (AvgIpc) is 2.77. The summed E-state index contributed by atoms with van der Waals surface area (Å²) in [6, 6.07) is 5.58. The lowest BCUT2D eigenvalue weighted by atomic mass is 10.2. The second-order valence-electron chi connectivity index (χ2n) is 4.45. The van der Waals surface area contributed by atoms with Gasteiger partial charge in [-0.2, -0.15) is 0 Å². The molecular weight excluding hydrogens is 365 g/mol. The molecule has 2 rings (SSSR count). The molecule has 20 heavy (non-hydrogen) atoms. The quantitative estimate of drug-likeness (QED) is 0.811. The van der Waals surface area contributed by atoms with Gasteiger partial charge in [-0.15, -0.1) is 11.3 Å². The minimum absolute atomic E-state index is 0.0981. The van der Waals surface area contributed by atoms with Gasteiger partial charge < -0.3 is 5.32 Å². The van der Waals surface area contributed by atoms with Crippen LogP contribution in [0.15, 0.2) is 39.0 Å². The van der Waals surface area contributed by atoms with Crippen molar-refractivity contribution in [2.24, 2.45) is 0 Å². The highest BCUT2D eigenvalue weighted by Crippen LogP contribution is 2.29. The zero-order chi connectivity index (χ0) is 14.9. The third-order valence-corrected chi connectivity index (χ3v) is 5.74. The van der Waals surface area contributed by atoms with Crippen LogP contribution in [-0.2, 0) is 9.84 Å². The van der Waals surface area contributed by atoms with Crippen LogP contribution in [0.4, 0.5) is 10.1 Å². The number of benzene rings is 1. The lowest BCUT2D eigenvalue weighted by Gasteiger charge is -2.15. The summed E-state index contributed by atoms with van der Waals surface area (Å²) in [4.78, 5) is 1.13. The van der Waals surface area contributed by atoms with Crippen LogP contribution >= 0.6 is 27.3 Å². The molecular formula is C13H13BrFNO2S2. The van der Waals surface area contributed by atoms with E-state index >= 15 is 0 Å². The predicted octanol–water partition coefficient (Wildman–Crippen LogP) is 4.23. The van der Waals surface area contributed by atoms with Crippen molar-refractivity contribution in [3.63, 3.8) is 0 Å². The van der Waals surface area contributed by atoms with Crippen molar-refractivity contribution in [2.75, 3.05) is 11.6 Å².